The van der Waals surface area contributed by atoms with Gasteiger partial charge in [0.15, 0.2) is 17.6 Å². The van der Waals surface area contributed by atoms with Crippen LogP contribution in [0.5, 0.6) is 11.5 Å². The van der Waals surface area contributed by atoms with Gasteiger partial charge in [0, 0.05) is 6.04 Å². The van der Waals surface area contributed by atoms with Crippen molar-refractivity contribution in [1.82, 2.24) is 5.32 Å². The summed E-state index contributed by atoms with van der Waals surface area (Å²) in [4.78, 5) is 24.7. The molecule has 0 bridgehead atoms. The van der Waals surface area contributed by atoms with Crippen LogP contribution in [0, 0.1) is 11.8 Å². The van der Waals surface area contributed by atoms with Crippen molar-refractivity contribution in [2.45, 2.75) is 58.8 Å². The minimum Gasteiger partial charge on any atom is -0.493 e. The molecule has 4 atom stereocenters. The first-order valence-electron chi connectivity index (χ1n) is 9.37. The zero-order valence-corrected chi connectivity index (χ0v) is 16.5. The molecule has 1 saturated carbocycles. The van der Waals surface area contributed by atoms with E-state index in [1.54, 1.807) is 0 Å². The van der Waals surface area contributed by atoms with Crippen LogP contribution in [0.4, 0.5) is 8.78 Å². The van der Waals surface area contributed by atoms with Gasteiger partial charge < -0.3 is 19.5 Å². The highest BCUT2D eigenvalue weighted by molar-refractivity contribution is 5.92. The van der Waals surface area contributed by atoms with Gasteiger partial charge in [0.1, 0.15) is 0 Å². The van der Waals surface area contributed by atoms with Crippen LogP contribution < -0.4 is 14.8 Å². The summed E-state index contributed by atoms with van der Waals surface area (Å²) in [7, 11) is 1.27. The van der Waals surface area contributed by atoms with Crippen molar-refractivity contribution in [3.8, 4) is 11.5 Å². The molecule has 0 aliphatic heterocycles. The number of esters is 1. The maximum absolute atomic E-state index is 12.4. The number of halogens is 2. The van der Waals surface area contributed by atoms with Gasteiger partial charge in [-0.25, -0.2) is 4.79 Å². The van der Waals surface area contributed by atoms with Crippen molar-refractivity contribution in [3.05, 3.63) is 23.8 Å². The molecule has 0 radical (unpaired) electrons. The highest BCUT2D eigenvalue weighted by Crippen LogP contribution is 2.31. The Morgan fingerprint density at radius 2 is 1.89 bits per heavy atom. The molecule has 0 unspecified atom stereocenters. The number of hydrogen-bond acceptors (Lipinski definition) is 5. The Morgan fingerprint density at radius 3 is 2.54 bits per heavy atom. The van der Waals surface area contributed by atoms with Gasteiger partial charge in [-0.05, 0) is 43.4 Å². The van der Waals surface area contributed by atoms with E-state index in [2.05, 4.69) is 23.9 Å². The number of hydrogen-bond donors (Lipinski definition) is 1. The maximum Gasteiger partial charge on any atom is 0.387 e. The number of methoxy groups -OCH3 is 1. The second-order valence-electron chi connectivity index (χ2n) is 7.17. The van der Waals surface area contributed by atoms with Gasteiger partial charge in [-0.2, -0.15) is 8.78 Å². The van der Waals surface area contributed by atoms with Crippen molar-refractivity contribution in [2.75, 3.05) is 7.11 Å². The molecule has 1 amide bonds. The normalized spacial score (nSPS) is 23.0. The fraction of sp³-hybridized carbons (Fsp3) is 0.600. The molecule has 0 heterocycles. The highest BCUT2D eigenvalue weighted by atomic mass is 19.3. The van der Waals surface area contributed by atoms with Crippen molar-refractivity contribution in [1.29, 1.82) is 0 Å². The van der Waals surface area contributed by atoms with Gasteiger partial charge in [0.2, 0.25) is 0 Å². The Morgan fingerprint density at radius 1 is 1.18 bits per heavy atom. The van der Waals surface area contributed by atoms with E-state index in [-0.39, 0.29) is 29.0 Å². The van der Waals surface area contributed by atoms with E-state index in [4.69, 9.17) is 9.47 Å². The minimum atomic E-state index is -3.01. The molecule has 1 aliphatic carbocycles. The number of ether oxygens (including phenoxy) is 3. The maximum atomic E-state index is 12.4. The minimum absolute atomic E-state index is 0.0307. The Hall–Kier alpha value is -2.38. The van der Waals surface area contributed by atoms with Gasteiger partial charge in [0.25, 0.3) is 5.91 Å². The van der Waals surface area contributed by atoms with Crippen LogP contribution in [0.25, 0.3) is 0 Å². The zero-order chi connectivity index (χ0) is 20.8. The second-order valence-corrected chi connectivity index (χ2v) is 7.17. The first kappa shape index (κ1) is 21.9. The molecule has 1 aromatic rings. The molecule has 6 nitrogen and oxygen atoms in total. The standard InChI is InChI=1S/C20H27F2NO5/c1-11-6-5-7-15(12(11)2)23-18(24)13(3)27-19(25)14-8-9-16(28-20(21)22)17(10-14)26-4/h8-13,15,20H,5-7H2,1-4H3,(H,23,24)/t11-,12-,13-,15+/m1/s1. The van der Waals surface area contributed by atoms with Crippen molar-refractivity contribution in [2.24, 2.45) is 11.8 Å². The predicted octanol–water partition coefficient (Wildman–Crippen LogP) is 3.78. The predicted molar refractivity (Wildman–Crippen MR) is 98.6 cm³/mol. The third-order valence-corrected chi connectivity index (χ3v) is 5.30. The van der Waals surface area contributed by atoms with Gasteiger partial charge >= 0.3 is 12.6 Å². The van der Waals surface area contributed by atoms with Crippen LogP contribution in [0.3, 0.4) is 0 Å². The number of amides is 1. The number of nitrogens with one attached hydrogen (secondary N) is 1. The molecular formula is C20H27F2NO5. The van der Waals surface area contributed by atoms with Crippen LogP contribution in [-0.4, -0.2) is 37.7 Å². The first-order valence-corrected chi connectivity index (χ1v) is 9.37. The number of carbonyl (C=O) groups excluding carboxylic acids is 2. The molecule has 1 aromatic carbocycles. The molecule has 28 heavy (non-hydrogen) atoms. The number of benzene rings is 1. The van der Waals surface area contributed by atoms with E-state index in [0.717, 1.165) is 19.3 Å². The van der Waals surface area contributed by atoms with Crippen LogP contribution in [-0.2, 0) is 9.53 Å². The summed E-state index contributed by atoms with van der Waals surface area (Å²) >= 11 is 0. The van der Waals surface area contributed by atoms with E-state index in [1.807, 2.05) is 0 Å². The van der Waals surface area contributed by atoms with E-state index in [1.165, 1.54) is 32.2 Å². The van der Waals surface area contributed by atoms with E-state index < -0.39 is 18.7 Å². The average molecular weight is 399 g/mol. The quantitative estimate of drug-likeness (QED) is 0.707. The molecule has 0 saturated heterocycles. The van der Waals surface area contributed by atoms with Gasteiger partial charge in [0.05, 0.1) is 12.7 Å². The van der Waals surface area contributed by atoms with Gasteiger partial charge in [-0.1, -0.05) is 26.7 Å². The number of carbonyl (C=O) groups is 2. The molecule has 8 heteroatoms. The van der Waals surface area contributed by atoms with E-state index in [0.29, 0.717) is 11.8 Å². The Bertz CT molecular complexity index is 697. The lowest BCUT2D eigenvalue weighted by Gasteiger charge is -2.35. The summed E-state index contributed by atoms with van der Waals surface area (Å²) in [6.45, 7) is 2.76. The van der Waals surface area contributed by atoms with Gasteiger partial charge in [-0.3, -0.25) is 4.79 Å². The summed E-state index contributed by atoms with van der Waals surface area (Å²) in [5.74, 6) is -0.457. The molecule has 2 rings (SSSR count). The second kappa shape index (κ2) is 9.71. The summed E-state index contributed by atoms with van der Waals surface area (Å²) in [6.07, 6.45) is 2.11. The van der Waals surface area contributed by atoms with Crippen molar-refractivity contribution < 1.29 is 32.6 Å². The monoisotopic (exact) mass is 399 g/mol. The van der Waals surface area contributed by atoms with Gasteiger partial charge in [-0.15, -0.1) is 0 Å². The summed E-state index contributed by atoms with van der Waals surface area (Å²) in [5.41, 5.74) is 0.0674. The lowest BCUT2D eigenvalue weighted by molar-refractivity contribution is -0.130. The van der Waals surface area contributed by atoms with E-state index >= 15 is 0 Å². The lowest BCUT2D eigenvalue weighted by Crippen LogP contribution is -2.47. The van der Waals surface area contributed by atoms with Crippen LogP contribution in [0.1, 0.15) is 50.4 Å². The molecule has 1 fully saturated rings. The lowest BCUT2D eigenvalue weighted by atomic mass is 9.78. The highest BCUT2D eigenvalue weighted by Gasteiger charge is 2.30. The summed E-state index contributed by atoms with van der Waals surface area (Å²) < 4.78 is 39.3. The molecule has 1 N–H and O–H groups in total. The Labute approximate surface area is 163 Å². The third kappa shape index (κ3) is 5.56. The van der Waals surface area contributed by atoms with E-state index in [9.17, 15) is 18.4 Å². The topological polar surface area (TPSA) is 73.9 Å². The summed E-state index contributed by atoms with van der Waals surface area (Å²) in [5, 5.41) is 2.96. The molecular weight excluding hydrogens is 372 g/mol. The first-order chi connectivity index (χ1) is 13.2. The zero-order valence-electron chi connectivity index (χ0n) is 16.5. The SMILES string of the molecule is COc1cc(C(=O)O[C@H](C)C(=O)N[C@H]2CCC[C@@H](C)[C@H]2C)ccc1OC(F)F. The van der Waals surface area contributed by atoms with Crippen LogP contribution in [0.2, 0.25) is 0 Å². The van der Waals surface area contributed by atoms with Crippen molar-refractivity contribution >= 4 is 11.9 Å². The summed E-state index contributed by atoms with van der Waals surface area (Å²) in [6, 6.07) is 3.76. The largest absolute Gasteiger partial charge is 0.493 e. The number of alkyl halides is 2. The average Bonchev–Trinajstić information content (AvgIpc) is 2.65. The van der Waals surface area contributed by atoms with Crippen molar-refractivity contribution in [3.63, 3.8) is 0 Å². The fourth-order valence-corrected chi connectivity index (χ4v) is 3.36. The smallest absolute Gasteiger partial charge is 0.387 e. The number of rotatable bonds is 7. The third-order valence-electron chi connectivity index (χ3n) is 5.30. The Kier molecular flexibility index (Phi) is 7.60. The molecule has 1 aliphatic rings. The molecule has 0 spiro atoms. The fourth-order valence-electron chi connectivity index (χ4n) is 3.36. The Balaban J connectivity index is 1.98. The molecule has 156 valence electrons. The molecule has 0 aromatic heterocycles. The van der Waals surface area contributed by atoms with Crippen LogP contribution in [0.15, 0.2) is 18.2 Å². The van der Waals surface area contributed by atoms with Crippen LogP contribution >= 0.6 is 0 Å².